The number of ether oxygens (including phenoxy) is 7. The quantitative estimate of drug-likeness (QED) is 0.339. The standard InChI is InChI=1S/C31H36N2O9/c1-36-21-10-8-18(9-11-21)28-22(31(35)32-19-14-23(37-2)29(41-6)24(15-19)38-3)12-13-27(34)33(28)20-16-25(39-4)30(42-7)26(17-20)40-5/h8-11,14-17,22,28H,12-13H2,1-7H3,(H,32,35)/t22-,28-/m0/s1. The highest BCUT2D eigenvalue weighted by molar-refractivity contribution is 6.01. The van der Waals surface area contributed by atoms with Gasteiger partial charge in [0.2, 0.25) is 23.3 Å². The number of anilines is 2. The van der Waals surface area contributed by atoms with E-state index in [0.717, 1.165) is 5.56 Å². The second kappa shape index (κ2) is 13.2. The van der Waals surface area contributed by atoms with Crippen molar-refractivity contribution in [1.82, 2.24) is 0 Å². The molecule has 4 rings (SSSR count). The van der Waals surface area contributed by atoms with Crippen molar-refractivity contribution in [2.75, 3.05) is 60.0 Å². The first-order valence-corrected chi connectivity index (χ1v) is 13.2. The van der Waals surface area contributed by atoms with Crippen molar-refractivity contribution < 1.29 is 42.7 Å². The zero-order valence-electron chi connectivity index (χ0n) is 24.8. The Morgan fingerprint density at radius 2 is 1.21 bits per heavy atom. The van der Waals surface area contributed by atoms with Gasteiger partial charge in [-0.05, 0) is 24.1 Å². The van der Waals surface area contributed by atoms with Crippen LogP contribution >= 0.6 is 0 Å². The van der Waals surface area contributed by atoms with Gasteiger partial charge >= 0.3 is 0 Å². The Morgan fingerprint density at radius 1 is 0.714 bits per heavy atom. The van der Waals surface area contributed by atoms with Gasteiger partial charge in [0.1, 0.15) is 5.75 Å². The lowest BCUT2D eigenvalue weighted by Gasteiger charge is -2.41. The largest absolute Gasteiger partial charge is 0.497 e. The van der Waals surface area contributed by atoms with E-state index in [1.807, 2.05) is 12.1 Å². The third kappa shape index (κ3) is 5.81. The molecule has 11 nitrogen and oxygen atoms in total. The smallest absolute Gasteiger partial charge is 0.229 e. The molecule has 0 aromatic heterocycles. The lowest BCUT2D eigenvalue weighted by atomic mass is 9.83. The molecule has 3 aromatic carbocycles. The number of piperidine rings is 1. The highest BCUT2D eigenvalue weighted by Crippen LogP contribution is 2.47. The first-order chi connectivity index (χ1) is 20.3. The summed E-state index contributed by atoms with van der Waals surface area (Å²) in [5, 5.41) is 3.00. The number of nitrogens with one attached hydrogen (secondary N) is 1. The number of nitrogens with zero attached hydrogens (tertiary/aromatic N) is 1. The molecular formula is C31H36N2O9. The van der Waals surface area contributed by atoms with Gasteiger partial charge < -0.3 is 43.4 Å². The van der Waals surface area contributed by atoms with Crippen LogP contribution in [-0.2, 0) is 9.59 Å². The summed E-state index contributed by atoms with van der Waals surface area (Å²) in [5.41, 5.74) is 1.71. The minimum Gasteiger partial charge on any atom is -0.497 e. The van der Waals surface area contributed by atoms with E-state index in [-0.39, 0.29) is 18.2 Å². The van der Waals surface area contributed by atoms with Gasteiger partial charge in [-0.3, -0.25) is 9.59 Å². The van der Waals surface area contributed by atoms with Crippen molar-refractivity contribution in [1.29, 1.82) is 0 Å². The average Bonchev–Trinajstić information content (AvgIpc) is 3.03. The number of hydrogen-bond donors (Lipinski definition) is 1. The number of rotatable bonds is 11. The van der Waals surface area contributed by atoms with Crippen LogP contribution in [0.5, 0.6) is 40.2 Å². The molecule has 2 atom stereocenters. The highest BCUT2D eigenvalue weighted by Gasteiger charge is 2.42. The number of carbonyl (C=O) groups excluding carboxylic acids is 2. The van der Waals surface area contributed by atoms with E-state index in [9.17, 15) is 9.59 Å². The SMILES string of the molecule is COc1ccc([C@H]2[C@@H](C(=O)Nc3cc(OC)c(OC)c(OC)c3)CCC(=O)N2c2cc(OC)c(OC)c(OC)c2)cc1. The van der Waals surface area contributed by atoms with Crippen LogP contribution < -0.4 is 43.4 Å². The van der Waals surface area contributed by atoms with E-state index in [4.69, 9.17) is 33.2 Å². The molecule has 0 saturated carbocycles. The Kier molecular flexibility index (Phi) is 9.51. The molecule has 224 valence electrons. The number of amides is 2. The molecule has 11 heteroatoms. The van der Waals surface area contributed by atoms with Gasteiger partial charge in [0.25, 0.3) is 0 Å². The predicted octanol–water partition coefficient (Wildman–Crippen LogP) is 4.87. The lowest BCUT2D eigenvalue weighted by molar-refractivity contribution is -0.125. The summed E-state index contributed by atoms with van der Waals surface area (Å²) in [5.74, 6) is 1.96. The van der Waals surface area contributed by atoms with Crippen molar-refractivity contribution in [2.45, 2.75) is 18.9 Å². The fourth-order valence-corrected chi connectivity index (χ4v) is 5.25. The summed E-state index contributed by atoms with van der Waals surface area (Å²) in [4.78, 5) is 29.3. The van der Waals surface area contributed by atoms with Gasteiger partial charge in [-0.2, -0.15) is 0 Å². The van der Waals surface area contributed by atoms with Crippen LogP contribution in [-0.4, -0.2) is 61.6 Å². The van der Waals surface area contributed by atoms with Gasteiger partial charge in [-0.1, -0.05) is 12.1 Å². The Labute approximate surface area is 245 Å². The molecule has 1 aliphatic rings. The summed E-state index contributed by atoms with van der Waals surface area (Å²) in [6.45, 7) is 0. The number of methoxy groups -OCH3 is 7. The molecule has 0 unspecified atom stereocenters. The molecule has 1 heterocycles. The van der Waals surface area contributed by atoms with Crippen LogP contribution in [0.4, 0.5) is 11.4 Å². The fraction of sp³-hybridized carbons (Fsp3) is 0.355. The van der Waals surface area contributed by atoms with Gasteiger partial charge in [0, 0.05) is 36.4 Å². The maximum atomic E-state index is 14.0. The monoisotopic (exact) mass is 580 g/mol. The molecule has 0 radical (unpaired) electrons. The van der Waals surface area contributed by atoms with Crippen LogP contribution in [0.15, 0.2) is 48.5 Å². The van der Waals surface area contributed by atoms with Crippen molar-refractivity contribution in [3.63, 3.8) is 0 Å². The maximum Gasteiger partial charge on any atom is 0.229 e. The number of carbonyl (C=O) groups is 2. The number of hydrogen-bond acceptors (Lipinski definition) is 9. The zero-order chi connectivity index (χ0) is 30.4. The molecule has 1 N–H and O–H groups in total. The molecule has 0 spiro atoms. The molecule has 3 aromatic rings. The van der Waals surface area contributed by atoms with E-state index in [2.05, 4.69) is 5.32 Å². The zero-order valence-corrected chi connectivity index (χ0v) is 24.8. The Hall–Kier alpha value is -4.80. The minimum absolute atomic E-state index is 0.149. The average molecular weight is 581 g/mol. The molecule has 0 bridgehead atoms. The van der Waals surface area contributed by atoms with E-state index in [0.29, 0.717) is 58.0 Å². The van der Waals surface area contributed by atoms with E-state index >= 15 is 0 Å². The van der Waals surface area contributed by atoms with Gasteiger partial charge in [-0.25, -0.2) is 0 Å². The first-order valence-electron chi connectivity index (χ1n) is 13.2. The molecule has 42 heavy (non-hydrogen) atoms. The Bertz CT molecular complexity index is 1370. The van der Waals surface area contributed by atoms with Crippen LogP contribution in [0.1, 0.15) is 24.4 Å². The van der Waals surface area contributed by atoms with E-state index in [1.165, 1.54) is 42.7 Å². The van der Waals surface area contributed by atoms with Crippen LogP contribution in [0.2, 0.25) is 0 Å². The predicted molar refractivity (Wildman–Crippen MR) is 157 cm³/mol. The van der Waals surface area contributed by atoms with Gasteiger partial charge in [0.05, 0.1) is 67.4 Å². The summed E-state index contributed by atoms with van der Waals surface area (Å²) >= 11 is 0. The Morgan fingerprint density at radius 3 is 1.67 bits per heavy atom. The third-order valence-corrected chi connectivity index (χ3v) is 7.25. The molecule has 1 aliphatic heterocycles. The van der Waals surface area contributed by atoms with Crippen LogP contribution in [0.25, 0.3) is 0 Å². The Balaban J connectivity index is 1.81. The van der Waals surface area contributed by atoms with E-state index in [1.54, 1.807) is 48.4 Å². The summed E-state index contributed by atoms with van der Waals surface area (Å²) in [6, 6.07) is 13.4. The van der Waals surface area contributed by atoms with Gasteiger partial charge in [0.15, 0.2) is 23.0 Å². The van der Waals surface area contributed by atoms with Crippen molar-refractivity contribution in [3.05, 3.63) is 54.1 Å². The lowest BCUT2D eigenvalue weighted by Crippen LogP contribution is -2.47. The maximum absolute atomic E-state index is 14.0. The van der Waals surface area contributed by atoms with Crippen molar-refractivity contribution in [2.24, 2.45) is 5.92 Å². The molecule has 2 amide bonds. The van der Waals surface area contributed by atoms with Gasteiger partial charge in [-0.15, -0.1) is 0 Å². The molecule has 1 fully saturated rings. The number of benzene rings is 3. The summed E-state index contributed by atoms with van der Waals surface area (Å²) < 4.78 is 38.3. The second-order valence-electron chi connectivity index (χ2n) is 9.41. The van der Waals surface area contributed by atoms with Crippen LogP contribution in [0.3, 0.4) is 0 Å². The second-order valence-corrected chi connectivity index (χ2v) is 9.41. The molecular weight excluding hydrogens is 544 g/mol. The highest BCUT2D eigenvalue weighted by atomic mass is 16.5. The third-order valence-electron chi connectivity index (χ3n) is 7.25. The first kappa shape index (κ1) is 30.2. The molecule has 0 aliphatic carbocycles. The fourth-order valence-electron chi connectivity index (χ4n) is 5.25. The molecule has 1 saturated heterocycles. The van der Waals surface area contributed by atoms with Crippen LogP contribution in [0, 0.1) is 5.92 Å². The van der Waals surface area contributed by atoms with Crippen molar-refractivity contribution >= 4 is 23.2 Å². The van der Waals surface area contributed by atoms with E-state index < -0.39 is 12.0 Å². The minimum atomic E-state index is -0.665. The van der Waals surface area contributed by atoms with Crippen molar-refractivity contribution in [3.8, 4) is 40.2 Å². The normalized spacial score (nSPS) is 16.4. The summed E-state index contributed by atoms with van der Waals surface area (Å²) in [7, 11) is 10.6. The topological polar surface area (TPSA) is 114 Å². The summed E-state index contributed by atoms with van der Waals surface area (Å²) in [6.07, 6.45) is 0.476.